The van der Waals surface area contributed by atoms with Crippen LogP contribution < -0.4 is 10.5 Å². The van der Waals surface area contributed by atoms with Crippen LogP contribution in [0.1, 0.15) is 5.56 Å². The van der Waals surface area contributed by atoms with Gasteiger partial charge in [-0.2, -0.15) is 0 Å². The van der Waals surface area contributed by atoms with Gasteiger partial charge in [-0.15, -0.1) is 0 Å². The highest BCUT2D eigenvalue weighted by molar-refractivity contribution is 6.36. The van der Waals surface area contributed by atoms with Gasteiger partial charge in [-0.1, -0.05) is 35.3 Å². The summed E-state index contributed by atoms with van der Waals surface area (Å²) in [5.41, 5.74) is 8.67. The Bertz CT molecular complexity index is 570. The zero-order chi connectivity index (χ0) is 13.1. The first-order valence-electron chi connectivity index (χ1n) is 5.48. The molecule has 2 N–H and O–H groups in total. The van der Waals surface area contributed by atoms with Gasteiger partial charge in [0.15, 0.2) is 0 Å². The van der Waals surface area contributed by atoms with Crippen LogP contribution in [0, 0.1) is 0 Å². The molecule has 0 atom stereocenters. The third-order valence-corrected chi connectivity index (χ3v) is 3.30. The molecule has 0 heterocycles. The Balaban J connectivity index is 2.56. The minimum absolute atomic E-state index is 0.422. The summed E-state index contributed by atoms with van der Waals surface area (Å²) in [6, 6.07) is 11.2. The van der Waals surface area contributed by atoms with E-state index < -0.39 is 0 Å². The van der Waals surface area contributed by atoms with Crippen LogP contribution in [-0.2, 0) is 6.54 Å². The normalized spacial score (nSPS) is 10.4. The van der Waals surface area contributed by atoms with Crippen molar-refractivity contribution >= 4 is 23.2 Å². The fourth-order valence-corrected chi connectivity index (χ4v) is 2.35. The standard InChI is InChI=1S/C14H13Cl2NO/c1-18-11-3-5-12(9(6-11)8-17)13-4-2-10(15)7-14(13)16/h2-7H,8,17H2,1H3. The maximum Gasteiger partial charge on any atom is 0.119 e. The van der Waals surface area contributed by atoms with Crippen molar-refractivity contribution in [3.63, 3.8) is 0 Å². The van der Waals surface area contributed by atoms with Crippen molar-refractivity contribution in [2.75, 3.05) is 7.11 Å². The predicted octanol–water partition coefficient (Wildman–Crippen LogP) is 4.13. The van der Waals surface area contributed by atoms with Crippen LogP contribution in [0.15, 0.2) is 36.4 Å². The first-order valence-corrected chi connectivity index (χ1v) is 6.23. The summed E-state index contributed by atoms with van der Waals surface area (Å²) in [7, 11) is 1.63. The highest BCUT2D eigenvalue weighted by Crippen LogP contribution is 2.33. The van der Waals surface area contributed by atoms with Crippen LogP contribution in [0.5, 0.6) is 5.75 Å². The van der Waals surface area contributed by atoms with E-state index in [2.05, 4.69) is 0 Å². The van der Waals surface area contributed by atoms with Crippen molar-refractivity contribution in [2.45, 2.75) is 6.54 Å². The van der Waals surface area contributed by atoms with Crippen LogP contribution >= 0.6 is 23.2 Å². The molecule has 0 spiro atoms. The van der Waals surface area contributed by atoms with E-state index >= 15 is 0 Å². The maximum atomic E-state index is 6.21. The van der Waals surface area contributed by atoms with Gasteiger partial charge in [0.2, 0.25) is 0 Å². The summed E-state index contributed by atoms with van der Waals surface area (Å²) >= 11 is 12.1. The van der Waals surface area contributed by atoms with Crippen molar-refractivity contribution in [3.8, 4) is 16.9 Å². The fourth-order valence-electron chi connectivity index (χ4n) is 1.84. The lowest BCUT2D eigenvalue weighted by molar-refractivity contribution is 0.414. The van der Waals surface area contributed by atoms with Gasteiger partial charge in [0.25, 0.3) is 0 Å². The Morgan fingerprint density at radius 2 is 1.78 bits per heavy atom. The van der Waals surface area contributed by atoms with E-state index in [0.717, 1.165) is 22.4 Å². The Hall–Kier alpha value is -1.22. The molecule has 0 amide bonds. The molecule has 2 aromatic rings. The summed E-state index contributed by atoms with van der Waals surface area (Å²) in [5.74, 6) is 0.782. The van der Waals surface area contributed by atoms with E-state index in [4.69, 9.17) is 33.7 Å². The van der Waals surface area contributed by atoms with Gasteiger partial charge in [-0.05, 0) is 35.4 Å². The van der Waals surface area contributed by atoms with Crippen molar-refractivity contribution in [1.82, 2.24) is 0 Å². The maximum absolute atomic E-state index is 6.21. The molecule has 0 aliphatic heterocycles. The molecule has 4 heteroatoms. The lowest BCUT2D eigenvalue weighted by Gasteiger charge is -2.11. The SMILES string of the molecule is COc1ccc(-c2ccc(Cl)cc2Cl)c(CN)c1. The van der Waals surface area contributed by atoms with E-state index in [0.29, 0.717) is 16.6 Å². The first-order chi connectivity index (χ1) is 8.65. The van der Waals surface area contributed by atoms with Crippen LogP contribution in [0.25, 0.3) is 11.1 Å². The third-order valence-electron chi connectivity index (χ3n) is 2.75. The molecule has 0 aliphatic carbocycles. The zero-order valence-electron chi connectivity index (χ0n) is 9.91. The molecule has 0 aliphatic rings. The first kappa shape index (κ1) is 13.2. The Labute approximate surface area is 116 Å². The molecule has 18 heavy (non-hydrogen) atoms. The number of hydrogen-bond donors (Lipinski definition) is 1. The molecule has 0 saturated heterocycles. The quantitative estimate of drug-likeness (QED) is 0.918. The highest BCUT2D eigenvalue weighted by Gasteiger charge is 2.09. The minimum atomic E-state index is 0.422. The minimum Gasteiger partial charge on any atom is -0.497 e. The van der Waals surface area contributed by atoms with E-state index in [1.54, 1.807) is 13.2 Å². The van der Waals surface area contributed by atoms with Gasteiger partial charge in [0.05, 0.1) is 7.11 Å². The van der Waals surface area contributed by atoms with Crippen LogP contribution in [0.3, 0.4) is 0 Å². The molecular weight excluding hydrogens is 269 g/mol. The summed E-state index contributed by atoms with van der Waals surface area (Å²) in [5, 5.41) is 1.23. The van der Waals surface area contributed by atoms with E-state index in [1.165, 1.54) is 0 Å². The number of hydrogen-bond acceptors (Lipinski definition) is 2. The topological polar surface area (TPSA) is 35.2 Å². The van der Waals surface area contributed by atoms with E-state index in [-0.39, 0.29) is 0 Å². The molecule has 94 valence electrons. The molecule has 0 aromatic heterocycles. The van der Waals surface area contributed by atoms with Gasteiger partial charge >= 0.3 is 0 Å². The molecular formula is C14H13Cl2NO. The Kier molecular flexibility index (Phi) is 4.12. The largest absolute Gasteiger partial charge is 0.497 e. The monoisotopic (exact) mass is 281 g/mol. The Morgan fingerprint density at radius 3 is 2.39 bits per heavy atom. The smallest absolute Gasteiger partial charge is 0.119 e. The molecule has 2 nitrogen and oxygen atoms in total. The van der Waals surface area contributed by atoms with Crippen molar-refractivity contribution in [1.29, 1.82) is 0 Å². The highest BCUT2D eigenvalue weighted by atomic mass is 35.5. The second-order valence-corrected chi connectivity index (χ2v) is 4.70. The average molecular weight is 282 g/mol. The molecule has 0 radical (unpaired) electrons. The second kappa shape index (κ2) is 5.61. The van der Waals surface area contributed by atoms with Gasteiger partial charge < -0.3 is 10.5 Å². The van der Waals surface area contributed by atoms with Crippen molar-refractivity contribution in [2.24, 2.45) is 5.73 Å². The summed E-state index contributed by atoms with van der Waals surface area (Å²) < 4.78 is 5.19. The van der Waals surface area contributed by atoms with Gasteiger partial charge in [-0.3, -0.25) is 0 Å². The van der Waals surface area contributed by atoms with Gasteiger partial charge in [0, 0.05) is 22.2 Å². The molecule has 0 saturated carbocycles. The average Bonchev–Trinajstić information content (AvgIpc) is 2.38. The number of benzene rings is 2. The molecule has 2 aromatic carbocycles. The van der Waals surface area contributed by atoms with Crippen LogP contribution in [-0.4, -0.2) is 7.11 Å². The summed E-state index contributed by atoms with van der Waals surface area (Å²) in [6.07, 6.45) is 0. The van der Waals surface area contributed by atoms with Crippen molar-refractivity contribution < 1.29 is 4.74 Å². The summed E-state index contributed by atoms with van der Waals surface area (Å²) in [6.45, 7) is 0.422. The number of rotatable bonds is 3. The number of ether oxygens (including phenoxy) is 1. The lowest BCUT2D eigenvalue weighted by Crippen LogP contribution is -2.00. The number of methoxy groups -OCH3 is 1. The van der Waals surface area contributed by atoms with Gasteiger partial charge in [0.1, 0.15) is 5.75 Å². The fraction of sp³-hybridized carbons (Fsp3) is 0.143. The van der Waals surface area contributed by atoms with Gasteiger partial charge in [-0.25, -0.2) is 0 Å². The number of halogens is 2. The molecule has 0 unspecified atom stereocenters. The zero-order valence-corrected chi connectivity index (χ0v) is 11.4. The van der Waals surface area contributed by atoms with E-state index in [1.807, 2.05) is 30.3 Å². The number of nitrogens with two attached hydrogens (primary N) is 1. The third kappa shape index (κ3) is 2.61. The molecule has 2 rings (SSSR count). The van der Waals surface area contributed by atoms with Crippen molar-refractivity contribution in [3.05, 3.63) is 52.0 Å². The molecule has 0 fully saturated rings. The Morgan fingerprint density at radius 1 is 1.06 bits per heavy atom. The molecule has 0 bridgehead atoms. The second-order valence-electron chi connectivity index (χ2n) is 3.85. The predicted molar refractivity (Wildman–Crippen MR) is 76.3 cm³/mol. The van der Waals surface area contributed by atoms with Crippen LogP contribution in [0.2, 0.25) is 10.0 Å². The summed E-state index contributed by atoms with van der Waals surface area (Å²) in [4.78, 5) is 0. The van der Waals surface area contributed by atoms with Crippen LogP contribution in [0.4, 0.5) is 0 Å². The lowest BCUT2D eigenvalue weighted by atomic mass is 9.99. The van der Waals surface area contributed by atoms with E-state index in [9.17, 15) is 0 Å².